The van der Waals surface area contributed by atoms with Gasteiger partial charge in [-0.15, -0.1) is 0 Å². The number of halogens is 1. The first kappa shape index (κ1) is 20.1. The number of aryl methyl sites for hydroxylation is 1. The quantitative estimate of drug-likeness (QED) is 0.257. The van der Waals surface area contributed by atoms with E-state index in [1.54, 1.807) is 12.1 Å². The Morgan fingerprint density at radius 3 is 2.54 bits per heavy atom. The molecule has 5 nitrogen and oxygen atoms in total. The first-order chi connectivity index (χ1) is 12.2. The molecule has 0 bridgehead atoms. The fourth-order valence-corrected chi connectivity index (χ4v) is 3.12. The zero-order valence-electron chi connectivity index (χ0n) is 15.1. The van der Waals surface area contributed by atoms with Gasteiger partial charge in [-0.3, -0.25) is 0 Å². The van der Waals surface area contributed by atoms with Crippen LogP contribution in [0.1, 0.15) is 44.2 Å². The van der Waals surface area contributed by atoms with E-state index in [2.05, 4.69) is 11.9 Å². The minimum absolute atomic E-state index is 0.148. The van der Waals surface area contributed by atoms with E-state index >= 15 is 0 Å². The van der Waals surface area contributed by atoms with E-state index < -0.39 is 0 Å². The van der Waals surface area contributed by atoms with E-state index in [1.807, 2.05) is 26.0 Å². The molecule has 0 amide bonds. The van der Waals surface area contributed by atoms with Crippen LogP contribution in [0.4, 0.5) is 11.4 Å². The number of oxazole rings is 1. The topological polar surface area (TPSA) is 101 Å². The molecular formula is C19H24ClN3O2S. The van der Waals surface area contributed by atoms with Crippen molar-refractivity contribution in [3.05, 3.63) is 45.3 Å². The Labute approximate surface area is 163 Å². The minimum atomic E-state index is 0.148. The maximum atomic E-state index is 9.51. The van der Waals surface area contributed by atoms with Crippen LogP contribution in [-0.4, -0.2) is 10.1 Å². The lowest BCUT2D eigenvalue weighted by Gasteiger charge is -2.10. The van der Waals surface area contributed by atoms with Crippen molar-refractivity contribution in [1.82, 2.24) is 4.98 Å². The maximum absolute atomic E-state index is 9.51. The molecule has 0 aliphatic rings. The number of benzene rings is 2. The molecule has 0 aliphatic heterocycles. The summed E-state index contributed by atoms with van der Waals surface area (Å²) in [5.74, 6) is 0.375. The number of hydrogen-bond acceptors (Lipinski definition) is 5. The van der Waals surface area contributed by atoms with Gasteiger partial charge in [0.1, 0.15) is 5.75 Å². The predicted molar refractivity (Wildman–Crippen MR) is 111 cm³/mol. The van der Waals surface area contributed by atoms with Gasteiger partial charge < -0.3 is 26.0 Å². The van der Waals surface area contributed by atoms with Crippen LogP contribution in [0.5, 0.6) is 5.75 Å². The standard InChI is InChI=1S/C10H12N2OS.C9H12ClNO/c1-2-3-6-4-7(11)5-8-9(6)13-10(14)12-8;1-5(2)7-3-6(10)4-8(11)9(7)12/h4-5H,2-3,11H2,1H3,(H,12,14);3-5,12H,11H2,1-2H3. The highest BCUT2D eigenvalue weighted by molar-refractivity contribution is 7.71. The van der Waals surface area contributed by atoms with E-state index in [0.717, 1.165) is 40.8 Å². The number of aromatic hydroxyl groups is 1. The van der Waals surface area contributed by atoms with Crippen LogP contribution in [0.15, 0.2) is 28.7 Å². The van der Waals surface area contributed by atoms with E-state index in [9.17, 15) is 5.11 Å². The molecule has 1 aromatic heterocycles. The molecule has 0 unspecified atom stereocenters. The minimum Gasteiger partial charge on any atom is -0.505 e. The Bertz CT molecular complexity index is 963. The highest BCUT2D eigenvalue weighted by atomic mass is 35.5. The van der Waals surface area contributed by atoms with E-state index in [1.165, 1.54) is 0 Å². The number of phenols is 1. The van der Waals surface area contributed by atoms with Crippen molar-refractivity contribution in [1.29, 1.82) is 0 Å². The van der Waals surface area contributed by atoms with Crippen molar-refractivity contribution >= 4 is 46.3 Å². The van der Waals surface area contributed by atoms with Crippen LogP contribution in [-0.2, 0) is 6.42 Å². The van der Waals surface area contributed by atoms with Crippen molar-refractivity contribution in [3.63, 3.8) is 0 Å². The highest BCUT2D eigenvalue weighted by Crippen LogP contribution is 2.33. The van der Waals surface area contributed by atoms with Gasteiger partial charge in [-0.25, -0.2) is 0 Å². The fraction of sp³-hybridized carbons (Fsp3) is 0.316. The van der Waals surface area contributed by atoms with Crippen molar-refractivity contribution in [2.24, 2.45) is 0 Å². The number of anilines is 2. The molecule has 0 saturated carbocycles. The summed E-state index contributed by atoms with van der Waals surface area (Å²) >= 11 is 10.7. The second-order valence-electron chi connectivity index (χ2n) is 6.41. The zero-order chi connectivity index (χ0) is 19.4. The van der Waals surface area contributed by atoms with Crippen LogP contribution < -0.4 is 11.5 Å². The molecule has 0 spiro atoms. The molecule has 3 aromatic rings. The lowest BCUT2D eigenvalue weighted by Crippen LogP contribution is -1.93. The lowest BCUT2D eigenvalue weighted by molar-refractivity contribution is 0.467. The molecule has 26 heavy (non-hydrogen) atoms. The number of nitrogens with one attached hydrogen (secondary N) is 1. The third kappa shape index (κ3) is 4.71. The smallest absolute Gasteiger partial charge is 0.266 e. The van der Waals surface area contributed by atoms with Gasteiger partial charge in [0.2, 0.25) is 0 Å². The maximum Gasteiger partial charge on any atom is 0.266 e. The lowest BCUT2D eigenvalue weighted by atomic mass is 10.0. The second kappa shape index (κ2) is 8.47. The summed E-state index contributed by atoms with van der Waals surface area (Å²) in [7, 11) is 0. The van der Waals surface area contributed by atoms with Crippen LogP contribution >= 0.6 is 23.8 Å². The molecule has 1 heterocycles. The van der Waals surface area contributed by atoms with E-state index in [0.29, 0.717) is 15.5 Å². The fourth-order valence-electron chi connectivity index (χ4n) is 2.69. The number of nitrogen functional groups attached to an aromatic ring is 2. The Morgan fingerprint density at radius 1 is 1.23 bits per heavy atom. The Morgan fingerprint density at radius 2 is 1.92 bits per heavy atom. The number of aromatic nitrogens is 1. The van der Waals surface area contributed by atoms with Gasteiger partial charge in [0, 0.05) is 16.3 Å². The summed E-state index contributed by atoms with van der Waals surface area (Å²) in [5.41, 5.74) is 16.0. The van der Waals surface area contributed by atoms with Gasteiger partial charge in [0.05, 0.1) is 11.2 Å². The van der Waals surface area contributed by atoms with Crippen LogP contribution in [0.25, 0.3) is 11.1 Å². The molecule has 0 fully saturated rings. The average molecular weight is 394 g/mol. The van der Waals surface area contributed by atoms with E-state index in [-0.39, 0.29) is 11.7 Å². The molecular weight excluding hydrogens is 370 g/mol. The molecule has 0 aliphatic carbocycles. The number of rotatable bonds is 3. The van der Waals surface area contributed by atoms with Crippen LogP contribution in [0, 0.1) is 4.84 Å². The van der Waals surface area contributed by atoms with Crippen molar-refractivity contribution in [2.45, 2.75) is 39.5 Å². The van der Waals surface area contributed by atoms with Gasteiger partial charge in [-0.2, -0.15) is 0 Å². The second-order valence-corrected chi connectivity index (χ2v) is 7.22. The summed E-state index contributed by atoms with van der Waals surface area (Å²) < 4.78 is 5.41. The predicted octanol–water partition coefficient (Wildman–Crippen LogP) is 5.78. The molecule has 3 rings (SSSR count). The van der Waals surface area contributed by atoms with Gasteiger partial charge in [-0.05, 0) is 54.4 Å². The molecule has 140 valence electrons. The number of fused-ring (bicyclic) bond motifs is 1. The van der Waals surface area contributed by atoms with Gasteiger partial charge in [-0.1, -0.05) is 38.8 Å². The summed E-state index contributed by atoms with van der Waals surface area (Å²) in [6.45, 7) is 6.08. The van der Waals surface area contributed by atoms with Crippen LogP contribution in [0.2, 0.25) is 5.02 Å². The Hall–Kier alpha value is -2.18. The Balaban J connectivity index is 0.000000190. The van der Waals surface area contributed by atoms with Gasteiger partial charge in [0.15, 0.2) is 5.58 Å². The number of H-pyrrole nitrogens is 1. The highest BCUT2D eigenvalue weighted by Gasteiger charge is 2.09. The first-order valence-corrected chi connectivity index (χ1v) is 9.20. The van der Waals surface area contributed by atoms with Crippen molar-refractivity contribution in [2.75, 3.05) is 11.5 Å². The van der Waals surface area contributed by atoms with Gasteiger partial charge in [0.25, 0.3) is 4.84 Å². The average Bonchev–Trinajstić information content (AvgIpc) is 2.92. The van der Waals surface area contributed by atoms with Crippen molar-refractivity contribution in [3.8, 4) is 5.75 Å². The van der Waals surface area contributed by atoms with Crippen LogP contribution in [0.3, 0.4) is 0 Å². The molecule has 0 radical (unpaired) electrons. The number of hydrogen-bond donors (Lipinski definition) is 4. The van der Waals surface area contributed by atoms with Gasteiger partial charge >= 0.3 is 0 Å². The summed E-state index contributed by atoms with van der Waals surface area (Å²) in [6, 6.07) is 7.06. The third-order valence-corrected chi connectivity index (χ3v) is 4.30. The normalized spacial score (nSPS) is 10.8. The third-order valence-electron chi connectivity index (χ3n) is 3.89. The molecule has 0 atom stereocenters. The summed E-state index contributed by atoms with van der Waals surface area (Å²) in [5, 5.41) is 10.1. The van der Waals surface area contributed by atoms with E-state index in [4.69, 9.17) is 39.7 Å². The van der Waals surface area contributed by atoms with Crippen molar-refractivity contribution < 1.29 is 9.52 Å². The Kier molecular flexibility index (Phi) is 6.56. The molecule has 0 saturated heterocycles. The summed E-state index contributed by atoms with van der Waals surface area (Å²) in [6.07, 6.45) is 2.02. The molecule has 7 heteroatoms. The SMILES string of the molecule is CC(C)c1cc(Cl)cc(N)c1O.CCCc1cc(N)cc2[nH]c(=S)oc12. The monoisotopic (exact) mass is 393 g/mol. The summed E-state index contributed by atoms with van der Waals surface area (Å²) in [4.78, 5) is 3.37. The molecule has 2 aromatic carbocycles. The largest absolute Gasteiger partial charge is 0.505 e. The number of nitrogens with two attached hydrogens (primary N) is 2. The first-order valence-electron chi connectivity index (χ1n) is 8.42. The zero-order valence-corrected chi connectivity index (χ0v) is 16.7. The number of phenolic OH excluding ortho intramolecular Hbond substituents is 1. The molecule has 6 N–H and O–H groups in total. The number of aromatic amines is 1.